The van der Waals surface area contributed by atoms with Gasteiger partial charge in [-0.3, -0.25) is 4.79 Å². The van der Waals surface area contributed by atoms with Crippen molar-refractivity contribution in [1.82, 2.24) is 4.98 Å². The van der Waals surface area contributed by atoms with Crippen LogP contribution in [-0.4, -0.2) is 31.2 Å². The molecular weight excluding hydrogens is 306 g/mol. The first-order valence-corrected chi connectivity index (χ1v) is 7.84. The van der Waals surface area contributed by atoms with Gasteiger partial charge in [0.25, 0.3) is 5.91 Å². The zero-order valence-electron chi connectivity index (χ0n) is 14.2. The third-order valence-electron chi connectivity index (χ3n) is 3.17. The molecule has 0 bridgehead atoms. The molecule has 6 heteroatoms. The summed E-state index contributed by atoms with van der Waals surface area (Å²) in [5.41, 5.74) is 0.923. The molecule has 0 unspecified atom stereocenters. The molecule has 1 aromatic carbocycles. The van der Waals surface area contributed by atoms with Crippen LogP contribution in [0.3, 0.4) is 0 Å². The first kappa shape index (κ1) is 17.6. The second-order valence-electron chi connectivity index (χ2n) is 5.69. The maximum absolute atomic E-state index is 12.0. The highest BCUT2D eigenvalue weighted by Gasteiger charge is 2.08. The lowest BCUT2D eigenvalue weighted by atomic mass is 10.2. The highest BCUT2D eigenvalue weighted by molar-refractivity contribution is 5.91. The number of carbonyl (C=O) groups excluding carboxylic acids is 1. The fraction of sp³-hybridized carbons (Fsp3) is 0.333. The molecule has 0 atom stereocenters. The van der Waals surface area contributed by atoms with Gasteiger partial charge in [0.1, 0.15) is 5.82 Å². The van der Waals surface area contributed by atoms with Gasteiger partial charge in [-0.15, -0.1) is 0 Å². The van der Waals surface area contributed by atoms with Crippen LogP contribution >= 0.6 is 0 Å². The molecule has 2 N–H and O–H groups in total. The lowest BCUT2D eigenvalue weighted by Gasteiger charge is -2.11. The summed E-state index contributed by atoms with van der Waals surface area (Å²) in [6.07, 6.45) is 1.69. The maximum atomic E-state index is 12.0. The first-order valence-electron chi connectivity index (χ1n) is 7.84. The second-order valence-corrected chi connectivity index (χ2v) is 5.69. The lowest BCUT2D eigenvalue weighted by Crippen LogP contribution is -2.21. The number of para-hydroxylation sites is 2. The smallest absolute Gasteiger partial charge is 0.263 e. The van der Waals surface area contributed by atoms with Crippen LogP contribution in [0, 0.1) is 5.92 Å². The van der Waals surface area contributed by atoms with Gasteiger partial charge in [-0.1, -0.05) is 26.0 Å². The van der Waals surface area contributed by atoms with Crippen molar-refractivity contribution in [3.63, 3.8) is 0 Å². The number of benzene rings is 1. The number of rotatable bonds is 8. The van der Waals surface area contributed by atoms with Gasteiger partial charge in [-0.25, -0.2) is 4.98 Å². The third kappa shape index (κ3) is 5.46. The van der Waals surface area contributed by atoms with Crippen molar-refractivity contribution in [2.75, 3.05) is 30.9 Å². The molecule has 0 fully saturated rings. The Morgan fingerprint density at radius 2 is 1.92 bits per heavy atom. The zero-order valence-corrected chi connectivity index (χ0v) is 14.2. The Labute approximate surface area is 142 Å². The maximum Gasteiger partial charge on any atom is 0.263 e. The van der Waals surface area contributed by atoms with Gasteiger partial charge in [0, 0.05) is 6.54 Å². The van der Waals surface area contributed by atoms with Crippen molar-refractivity contribution in [3.8, 4) is 11.5 Å². The fourth-order valence-corrected chi connectivity index (χ4v) is 1.95. The largest absolute Gasteiger partial charge is 0.493 e. The summed E-state index contributed by atoms with van der Waals surface area (Å²) in [5, 5.41) is 5.97. The fourth-order valence-electron chi connectivity index (χ4n) is 1.95. The van der Waals surface area contributed by atoms with Gasteiger partial charge in [0.2, 0.25) is 0 Å². The van der Waals surface area contributed by atoms with Crippen molar-refractivity contribution in [1.29, 1.82) is 0 Å². The topological polar surface area (TPSA) is 72.5 Å². The van der Waals surface area contributed by atoms with E-state index in [0.717, 1.165) is 12.2 Å². The Hall–Kier alpha value is -2.76. The number of amides is 1. The minimum absolute atomic E-state index is 0.116. The summed E-state index contributed by atoms with van der Waals surface area (Å²) in [6.45, 7) is 5.03. The zero-order chi connectivity index (χ0) is 17.4. The third-order valence-corrected chi connectivity index (χ3v) is 3.17. The van der Waals surface area contributed by atoms with Crippen molar-refractivity contribution >= 4 is 17.4 Å². The van der Waals surface area contributed by atoms with Crippen molar-refractivity contribution < 1.29 is 14.3 Å². The predicted octanol–water partition coefficient (Wildman–Crippen LogP) is 3.18. The molecule has 24 heavy (non-hydrogen) atoms. The highest BCUT2D eigenvalue weighted by atomic mass is 16.5. The van der Waals surface area contributed by atoms with E-state index >= 15 is 0 Å². The number of methoxy groups -OCH3 is 1. The molecule has 6 nitrogen and oxygen atoms in total. The number of hydrogen-bond acceptors (Lipinski definition) is 5. The van der Waals surface area contributed by atoms with Crippen LogP contribution in [0.25, 0.3) is 0 Å². The van der Waals surface area contributed by atoms with Crippen LogP contribution in [0.2, 0.25) is 0 Å². The van der Waals surface area contributed by atoms with E-state index in [9.17, 15) is 4.79 Å². The predicted molar refractivity (Wildman–Crippen MR) is 94.7 cm³/mol. The number of nitrogens with zero attached hydrogens (tertiary/aromatic N) is 1. The van der Waals surface area contributed by atoms with E-state index < -0.39 is 0 Å². The van der Waals surface area contributed by atoms with Gasteiger partial charge in [-0.2, -0.15) is 0 Å². The summed E-state index contributed by atoms with van der Waals surface area (Å²) in [5.74, 6) is 1.87. The minimum Gasteiger partial charge on any atom is -0.493 e. The molecule has 1 heterocycles. The molecule has 0 aliphatic heterocycles. The Morgan fingerprint density at radius 1 is 1.17 bits per heavy atom. The number of nitrogens with one attached hydrogen (secondary N) is 2. The molecule has 0 aliphatic carbocycles. The Kier molecular flexibility index (Phi) is 6.42. The van der Waals surface area contributed by atoms with Crippen LogP contribution in [0.1, 0.15) is 13.8 Å². The van der Waals surface area contributed by atoms with Crippen LogP contribution in [0.15, 0.2) is 42.6 Å². The molecule has 128 valence electrons. The number of ether oxygens (including phenoxy) is 2. The van der Waals surface area contributed by atoms with Gasteiger partial charge < -0.3 is 20.1 Å². The molecule has 2 rings (SSSR count). The van der Waals surface area contributed by atoms with Gasteiger partial charge in [-0.05, 0) is 30.2 Å². The Balaban J connectivity index is 1.83. The van der Waals surface area contributed by atoms with E-state index in [-0.39, 0.29) is 12.5 Å². The quantitative estimate of drug-likeness (QED) is 0.778. The molecule has 1 aromatic heterocycles. The average molecular weight is 329 g/mol. The van der Waals surface area contributed by atoms with E-state index in [1.54, 1.807) is 31.5 Å². The van der Waals surface area contributed by atoms with Crippen LogP contribution in [-0.2, 0) is 4.79 Å². The van der Waals surface area contributed by atoms with Crippen molar-refractivity contribution in [2.45, 2.75) is 13.8 Å². The van der Waals surface area contributed by atoms with E-state index in [0.29, 0.717) is 23.2 Å². The average Bonchev–Trinajstić information content (AvgIpc) is 2.59. The summed E-state index contributed by atoms with van der Waals surface area (Å²) < 4.78 is 10.6. The first-order chi connectivity index (χ1) is 11.6. The van der Waals surface area contributed by atoms with Gasteiger partial charge in [0.15, 0.2) is 18.1 Å². The van der Waals surface area contributed by atoms with Crippen molar-refractivity contribution in [3.05, 3.63) is 42.6 Å². The van der Waals surface area contributed by atoms with Crippen LogP contribution in [0.5, 0.6) is 11.5 Å². The van der Waals surface area contributed by atoms with Gasteiger partial charge in [0.05, 0.1) is 19.0 Å². The number of carbonyl (C=O) groups is 1. The number of anilines is 2. The van der Waals surface area contributed by atoms with E-state index in [1.807, 2.05) is 18.2 Å². The van der Waals surface area contributed by atoms with E-state index in [2.05, 4.69) is 29.5 Å². The minimum atomic E-state index is -0.281. The highest BCUT2D eigenvalue weighted by Crippen LogP contribution is 2.25. The Bertz CT molecular complexity index is 657. The summed E-state index contributed by atoms with van der Waals surface area (Å²) >= 11 is 0. The molecule has 2 aromatic rings. The number of hydrogen-bond donors (Lipinski definition) is 2. The SMILES string of the molecule is COc1ccccc1OCC(=O)Nc1ccc(NCC(C)C)cn1. The molecular formula is C18H23N3O3. The molecule has 0 radical (unpaired) electrons. The van der Waals surface area contributed by atoms with E-state index in [1.165, 1.54) is 0 Å². The molecule has 0 saturated carbocycles. The van der Waals surface area contributed by atoms with Gasteiger partial charge >= 0.3 is 0 Å². The molecule has 0 aliphatic rings. The van der Waals surface area contributed by atoms with Crippen LogP contribution in [0.4, 0.5) is 11.5 Å². The monoisotopic (exact) mass is 329 g/mol. The van der Waals surface area contributed by atoms with Crippen LogP contribution < -0.4 is 20.1 Å². The standard InChI is InChI=1S/C18H23N3O3/c1-13(2)10-19-14-8-9-17(20-11-14)21-18(22)12-24-16-7-5-4-6-15(16)23-3/h4-9,11,13,19H,10,12H2,1-3H3,(H,20,21,22). The second kappa shape index (κ2) is 8.76. The van der Waals surface area contributed by atoms with Crippen molar-refractivity contribution in [2.24, 2.45) is 5.92 Å². The molecule has 0 spiro atoms. The summed E-state index contributed by atoms with van der Waals surface area (Å²) in [7, 11) is 1.56. The summed E-state index contributed by atoms with van der Waals surface area (Å²) in [4.78, 5) is 16.2. The normalized spacial score (nSPS) is 10.3. The number of pyridine rings is 1. The lowest BCUT2D eigenvalue weighted by molar-refractivity contribution is -0.118. The summed E-state index contributed by atoms with van der Waals surface area (Å²) in [6, 6.07) is 10.8. The van der Waals surface area contributed by atoms with E-state index in [4.69, 9.17) is 9.47 Å². The Morgan fingerprint density at radius 3 is 2.54 bits per heavy atom. The molecule has 1 amide bonds. The number of aromatic nitrogens is 1. The molecule has 0 saturated heterocycles.